The molecule has 0 aromatic rings. The second kappa shape index (κ2) is 47.3. The van der Waals surface area contributed by atoms with Gasteiger partial charge in [0, 0.05) is 6.42 Å². The van der Waals surface area contributed by atoms with Crippen molar-refractivity contribution in [2.24, 2.45) is 0 Å². The third kappa shape index (κ3) is 42.7. The van der Waals surface area contributed by atoms with E-state index in [1.54, 1.807) is 6.08 Å². The van der Waals surface area contributed by atoms with Gasteiger partial charge in [-0.05, 0) is 76.7 Å². The Morgan fingerprint density at radius 2 is 0.984 bits per heavy atom. The lowest BCUT2D eigenvalue weighted by Crippen LogP contribution is -2.46. The minimum atomic E-state index is -0.834. The summed E-state index contributed by atoms with van der Waals surface area (Å²) in [6, 6.07) is -0.759. The van der Waals surface area contributed by atoms with Gasteiger partial charge >= 0.3 is 5.97 Å². The zero-order chi connectivity index (χ0) is 44.5. The summed E-state index contributed by atoms with van der Waals surface area (Å²) in [5.74, 6) is -0.690. The van der Waals surface area contributed by atoms with Crippen molar-refractivity contribution in [3.63, 3.8) is 0 Å². The Labute approximate surface area is 374 Å². The number of hydrogen-bond acceptors (Lipinski definition) is 5. The molecule has 0 heterocycles. The van der Waals surface area contributed by atoms with Gasteiger partial charge in [0.05, 0.1) is 25.2 Å². The summed E-state index contributed by atoms with van der Waals surface area (Å²) in [6.45, 7) is 6.16. The molecule has 0 aliphatic carbocycles. The van der Waals surface area contributed by atoms with Gasteiger partial charge in [-0.2, -0.15) is 0 Å². The van der Waals surface area contributed by atoms with Crippen LogP contribution < -0.4 is 5.32 Å². The topological polar surface area (TPSA) is 95.9 Å². The second-order valence-electron chi connectivity index (χ2n) is 15.8. The third-order valence-corrected chi connectivity index (χ3v) is 10.1. The van der Waals surface area contributed by atoms with Gasteiger partial charge in [-0.25, -0.2) is 0 Å². The molecule has 61 heavy (non-hydrogen) atoms. The Morgan fingerprint density at radius 3 is 1.51 bits per heavy atom. The van der Waals surface area contributed by atoms with E-state index in [1.807, 2.05) is 42.5 Å². The van der Waals surface area contributed by atoms with E-state index >= 15 is 0 Å². The van der Waals surface area contributed by atoms with Gasteiger partial charge in [0.15, 0.2) is 0 Å². The summed E-state index contributed by atoms with van der Waals surface area (Å²) < 4.78 is 5.79. The largest absolute Gasteiger partial charge is 0.458 e. The van der Waals surface area contributed by atoms with E-state index in [0.29, 0.717) is 12.8 Å². The molecule has 0 aliphatic heterocycles. The first kappa shape index (κ1) is 57.3. The fourth-order valence-corrected chi connectivity index (χ4v) is 6.49. The number of unbranched alkanes of at least 4 members (excludes halogenated alkanes) is 14. The van der Waals surface area contributed by atoms with Crippen LogP contribution in [-0.2, 0) is 14.3 Å². The fourth-order valence-electron chi connectivity index (χ4n) is 6.49. The molecule has 0 saturated carbocycles. The maximum Gasteiger partial charge on any atom is 0.306 e. The predicted molar refractivity (Wildman–Crippen MR) is 263 cm³/mol. The van der Waals surface area contributed by atoms with Crippen LogP contribution in [0.2, 0.25) is 0 Å². The van der Waals surface area contributed by atoms with Crippen LogP contribution >= 0.6 is 0 Å². The monoisotopic (exact) mass is 844 g/mol. The van der Waals surface area contributed by atoms with Crippen molar-refractivity contribution >= 4 is 11.9 Å². The van der Waals surface area contributed by atoms with Crippen molar-refractivity contribution < 1.29 is 24.5 Å². The van der Waals surface area contributed by atoms with Crippen LogP contribution in [0.3, 0.4) is 0 Å². The van der Waals surface area contributed by atoms with Gasteiger partial charge < -0.3 is 20.3 Å². The van der Waals surface area contributed by atoms with Crippen molar-refractivity contribution in [3.8, 4) is 0 Å². The SMILES string of the molecule is CC/C=C\C/C=C\C/C=C\C/C=C\C/C=C\C/C=C\C(CC(=O)NC(CO)C(O)CCCCCCCCCCCCCC)OC(=O)CCCCC\C=C/C=C\C=C\C=C\CC. The molecule has 344 valence electrons. The van der Waals surface area contributed by atoms with Crippen molar-refractivity contribution in [1.82, 2.24) is 5.32 Å². The van der Waals surface area contributed by atoms with E-state index in [1.165, 1.54) is 57.8 Å². The second-order valence-corrected chi connectivity index (χ2v) is 15.8. The number of esters is 1. The number of allylic oxidation sites excluding steroid dienone is 19. The average Bonchev–Trinajstić information content (AvgIpc) is 3.25. The van der Waals surface area contributed by atoms with Crippen molar-refractivity contribution in [1.29, 1.82) is 0 Å². The summed E-state index contributed by atoms with van der Waals surface area (Å²) >= 11 is 0. The molecule has 0 bridgehead atoms. The van der Waals surface area contributed by atoms with E-state index < -0.39 is 18.2 Å². The van der Waals surface area contributed by atoms with Gasteiger partial charge in [0.25, 0.3) is 0 Å². The molecule has 6 nitrogen and oxygen atoms in total. The number of carbonyl (C=O) groups is 2. The van der Waals surface area contributed by atoms with Gasteiger partial charge in [0.2, 0.25) is 5.91 Å². The minimum absolute atomic E-state index is 0.0713. The number of rotatable bonds is 41. The standard InChI is InChI=1S/C55H89NO5/c1-4-7-10-13-16-19-22-25-26-27-28-30-31-34-37-40-43-46-51(61-55(60)48-45-42-39-36-33-29-23-20-17-14-11-8-5-2)49-54(59)56-52(50-57)53(58)47-44-41-38-35-32-24-21-18-15-12-9-6-3/h7-8,10-11,14,16-17,19-20,23,25-26,28-30,33-34,37,43,46,51-53,57-58H,4-6,9,12-13,15,18,21-22,24,27,31-32,35-36,38-42,44-45,47-50H2,1-3H3,(H,56,59)/b10-7-,11-8+,17-14+,19-16-,23-20-,26-25-,30-28-,33-29-,37-34-,46-43-. The predicted octanol–water partition coefficient (Wildman–Crippen LogP) is 14.5. The van der Waals surface area contributed by atoms with Crippen molar-refractivity contribution in [2.75, 3.05) is 6.61 Å². The Hall–Kier alpha value is -3.74. The third-order valence-electron chi connectivity index (χ3n) is 10.1. The maximum atomic E-state index is 13.1. The van der Waals surface area contributed by atoms with E-state index in [4.69, 9.17) is 4.74 Å². The first-order chi connectivity index (χ1) is 30.0. The summed E-state index contributed by atoms with van der Waals surface area (Å²) in [6.07, 6.45) is 65.7. The molecule has 3 atom stereocenters. The Bertz CT molecular complexity index is 1310. The van der Waals surface area contributed by atoms with Crippen LogP contribution in [0, 0.1) is 0 Å². The van der Waals surface area contributed by atoms with Crippen LogP contribution in [0.15, 0.2) is 122 Å². The minimum Gasteiger partial charge on any atom is -0.458 e. The summed E-state index contributed by atoms with van der Waals surface area (Å²) in [5, 5.41) is 23.6. The fraction of sp³-hybridized carbons (Fsp3) is 0.600. The van der Waals surface area contributed by atoms with Crippen LogP contribution in [0.5, 0.6) is 0 Å². The van der Waals surface area contributed by atoms with Gasteiger partial charge in [-0.15, -0.1) is 0 Å². The number of amides is 1. The lowest BCUT2D eigenvalue weighted by Gasteiger charge is -2.23. The molecule has 0 radical (unpaired) electrons. The molecule has 3 N–H and O–H groups in total. The first-order valence-corrected chi connectivity index (χ1v) is 24.3. The maximum absolute atomic E-state index is 13.1. The first-order valence-electron chi connectivity index (χ1n) is 24.3. The number of nitrogens with one attached hydrogen (secondary N) is 1. The molecular formula is C55H89NO5. The molecule has 0 rings (SSSR count). The quantitative estimate of drug-likeness (QED) is 0.0247. The Morgan fingerprint density at radius 1 is 0.525 bits per heavy atom. The summed E-state index contributed by atoms with van der Waals surface area (Å²) in [5.41, 5.74) is 0. The van der Waals surface area contributed by atoms with Crippen LogP contribution in [0.25, 0.3) is 0 Å². The summed E-state index contributed by atoms with van der Waals surface area (Å²) in [7, 11) is 0. The zero-order valence-corrected chi connectivity index (χ0v) is 39.0. The molecule has 0 fully saturated rings. The van der Waals surface area contributed by atoms with Crippen LogP contribution in [0.1, 0.15) is 188 Å². The molecule has 0 aromatic carbocycles. The van der Waals surface area contributed by atoms with Gasteiger partial charge in [-0.3, -0.25) is 9.59 Å². The van der Waals surface area contributed by atoms with Crippen LogP contribution in [-0.4, -0.2) is 46.9 Å². The Balaban J connectivity index is 4.89. The Kier molecular flexibility index (Phi) is 44.4. The van der Waals surface area contributed by atoms with Crippen molar-refractivity contribution in [2.45, 2.75) is 206 Å². The molecule has 6 heteroatoms. The molecule has 0 saturated heterocycles. The highest BCUT2D eigenvalue weighted by atomic mass is 16.5. The van der Waals surface area contributed by atoms with Gasteiger partial charge in [-0.1, -0.05) is 220 Å². The molecule has 3 unspecified atom stereocenters. The van der Waals surface area contributed by atoms with Gasteiger partial charge in [0.1, 0.15) is 6.10 Å². The van der Waals surface area contributed by atoms with E-state index in [0.717, 1.165) is 83.5 Å². The highest BCUT2D eigenvalue weighted by molar-refractivity contribution is 5.78. The van der Waals surface area contributed by atoms with Crippen LogP contribution in [0.4, 0.5) is 0 Å². The summed E-state index contributed by atoms with van der Waals surface area (Å²) in [4.78, 5) is 26.0. The molecule has 0 aromatic heterocycles. The molecule has 0 aliphatic rings. The number of aliphatic hydroxyl groups excluding tert-OH is 2. The smallest absolute Gasteiger partial charge is 0.306 e. The van der Waals surface area contributed by atoms with E-state index in [9.17, 15) is 19.8 Å². The number of carbonyl (C=O) groups excluding carboxylic acids is 2. The highest BCUT2D eigenvalue weighted by Crippen LogP contribution is 2.15. The zero-order valence-electron chi connectivity index (χ0n) is 39.0. The molecule has 0 spiro atoms. The number of aliphatic hydroxyl groups is 2. The normalized spacial score (nSPS) is 14.4. The molecular weight excluding hydrogens is 755 g/mol. The lowest BCUT2D eigenvalue weighted by atomic mass is 10.0. The lowest BCUT2D eigenvalue weighted by molar-refractivity contribution is -0.148. The number of hydrogen-bond donors (Lipinski definition) is 3. The van der Waals surface area contributed by atoms with E-state index in [2.05, 4.69) is 99.0 Å². The number of ether oxygens (including phenoxy) is 1. The molecule has 1 amide bonds. The average molecular weight is 844 g/mol. The van der Waals surface area contributed by atoms with Crippen molar-refractivity contribution in [3.05, 3.63) is 122 Å². The van der Waals surface area contributed by atoms with E-state index in [-0.39, 0.29) is 31.3 Å². The highest BCUT2D eigenvalue weighted by Gasteiger charge is 2.23.